The van der Waals surface area contributed by atoms with Gasteiger partial charge >= 0.3 is 0 Å². The second kappa shape index (κ2) is 6.33. The molecule has 0 radical (unpaired) electrons. The molecule has 100 valence electrons. The summed E-state index contributed by atoms with van der Waals surface area (Å²) in [6.07, 6.45) is -0.596. The first-order valence-corrected chi connectivity index (χ1v) is 7.10. The van der Waals surface area contributed by atoms with E-state index in [-0.39, 0.29) is 0 Å². The SMILES string of the molecule is COc1cccc(Sc2ccccc2Cl)c1[C@H](C)O. The highest BCUT2D eigenvalue weighted by molar-refractivity contribution is 7.99. The molecule has 0 saturated carbocycles. The van der Waals surface area contributed by atoms with Crippen molar-refractivity contribution < 1.29 is 9.84 Å². The van der Waals surface area contributed by atoms with Crippen LogP contribution in [0.15, 0.2) is 52.3 Å². The van der Waals surface area contributed by atoms with Gasteiger partial charge in [-0.15, -0.1) is 0 Å². The number of rotatable bonds is 4. The Morgan fingerprint density at radius 2 is 1.79 bits per heavy atom. The molecule has 0 unspecified atom stereocenters. The summed E-state index contributed by atoms with van der Waals surface area (Å²) in [6, 6.07) is 13.4. The molecule has 0 amide bonds. The summed E-state index contributed by atoms with van der Waals surface area (Å²) in [5.74, 6) is 0.687. The zero-order chi connectivity index (χ0) is 13.8. The van der Waals surface area contributed by atoms with Crippen LogP contribution in [0, 0.1) is 0 Å². The second-order valence-electron chi connectivity index (χ2n) is 4.08. The first-order chi connectivity index (χ1) is 9.13. The van der Waals surface area contributed by atoms with Crippen molar-refractivity contribution in [2.75, 3.05) is 7.11 Å². The predicted octanol–water partition coefficient (Wildman–Crippen LogP) is 4.55. The second-order valence-corrected chi connectivity index (χ2v) is 5.57. The Balaban J connectivity index is 2.43. The molecule has 0 heterocycles. The molecule has 0 aliphatic rings. The van der Waals surface area contributed by atoms with Crippen LogP contribution >= 0.6 is 23.4 Å². The van der Waals surface area contributed by atoms with Crippen molar-refractivity contribution in [3.63, 3.8) is 0 Å². The van der Waals surface area contributed by atoms with Gasteiger partial charge in [0.05, 0.1) is 18.2 Å². The van der Waals surface area contributed by atoms with Crippen LogP contribution in [0.25, 0.3) is 0 Å². The van der Waals surface area contributed by atoms with Crippen molar-refractivity contribution in [1.82, 2.24) is 0 Å². The lowest BCUT2D eigenvalue weighted by atomic mass is 10.1. The Labute approximate surface area is 122 Å². The number of benzene rings is 2. The fraction of sp³-hybridized carbons (Fsp3) is 0.200. The van der Waals surface area contributed by atoms with E-state index in [1.54, 1.807) is 14.0 Å². The van der Waals surface area contributed by atoms with Crippen LogP contribution in [0.3, 0.4) is 0 Å². The molecule has 2 aromatic carbocycles. The summed E-state index contributed by atoms with van der Waals surface area (Å²) < 4.78 is 5.31. The Morgan fingerprint density at radius 1 is 1.11 bits per heavy atom. The minimum Gasteiger partial charge on any atom is -0.496 e. The van der Waals surface area contributed by atoms with Crippen LogP contribution in [-0.4, -0.2) is 12.2 Å². The molecule has 0 fully saturated rings. The summed E-state index contributed by atoms with van der Waals surface area (Å²) in [7, 11) is 1.60. The van der Waals surface area contributed by atoms with Gasteiger partial charge in [-0.2, -0.15) is 0 Å². The number of halogens is 1. The largest absolute Gasteiger partial charge is 0.496 e. The van der Waals surface area contributed by atoms with Crippen LogP contribution in [0.5, 0.6) is 5.75 Å². The monoisotopic (exact) mass is 294 g/mol. The van der Waals surface area contributed by atoms with Crippen molar-refractivity contribution in [2.24, 2.45) is 0 Å². The summed E-state index contributed by atoms with van der Waals surface area (Å²) in [6.45, 7) is 1.73. The lowest BCUT2D eigenvalue weighted by Gasteiger charge is -2.16. The molecule has 1 N–H and O–H groups in total. The van der Waals surface area contributed by atoms with Gasteiger partial charge < -0.3 is 9.84 Å². The highest BCUT2D eigenvalue weighted by Crippen LogP contribution is 2.40. The maximum atomic E-state index is 9.94. The Kier molecular flexibility index (Phi) is 4.75. The fourth-order valence-electron chi connectivity index (χ4n) is 1.85. The quantitative estimate of drug-likeness (QED) is 0.897. The minimum atomic E-state index is -0.596. The zero-order valence-electron chi connectivity index (χ0n) is 10.8. The maximum Gasteiger partial charge on any atom is 0.125 e. The van der Waals surface area contributed by atoms with E-state index in [9.17, 15) is 5.11 Å². The van der Waals surface area contributed by atoms with Crippen molar-refractivity contribution in [3.8, 4) is 5.75 Å². The molecule has 0 spiro atoms. The lowest BCUT2D eigenvalue weighted by molar-refractivity contribution is 0.191. The molecular weight excluding hydrogens is 280 g/mol. The van der Waals surface area contributed by atoms with E-state index in [1.807, 2.05) is 42.5 Å². The first-order valence-electron chi connectivity index (χ1n) is 5.91. The number of aliphatic hydroxyl groups excluding tert-OH is 1. The van der Waals surface area contributed by atoms with Crippen molar-refractivity contribution >= 4 is 23.4 Å². The van der Waals surface area contributed by atoms with Crippen LogP contribution in [0.1, 0.15) is 18.6 Å². The van der Waals surface area contributed by atoms with Crippen molar-refractivity contribution in [1.29, 1.82) is 0 Å². The number of hydrogen-bond donors (Lipinski definition) is 1. The van der Waals surface area contributed by atoms with E-state index >= 15 is 0 Å². The van der Waals surface area contributed by atoms with E-state index in [4.69, 9.17) is 16.3 Å². The van der Waals surface area contributed by atoms with Gasteiger partial charge in [0.25, 0.3) is 0 Å². The van der Waals surface area contributed by atoms with Crippen LogP contribution in [0.4, 0.5) is 0 Å². The molecule has 19 heavy (non-hydrogen) atoms. The molecule has 1 atom stereocenters. The highest BCUT2D eigenvalue weighted by atomic mass is 35.5. The summed E-state index contributed by atoms with van der Waals surface area (Å²) in [5.41, 5.74) is 0.787. The molecule has 0 aliphatic heterocycles. The highest BCUT2D eigenvalue weighted by Gasteiger charge is 2.15. The number of methoxy groups -OCH3 is 1. The van der Waals surface area contributed by atoms with Gasteiger partial charge in [-0.05, 0) is 31.2 Å². The molecule has 2 nitrogen and oxygen atoms in total. The summed E-state index contributed by atoms with van der Waals surface area (Å²) in [5, 5.41) is 10.6. The molecular formula is C15H15ClO2S. The van der Waals surface area contributed by atoms with Crippen molar-refractivity contribution in [2.45, 2.75) is 22.8 Å². The Bertz CT molecular complexity index is 570. The van der Waals surface area contributed by atoms with Gasteiger partial charge in [-0.1, -0.05) is 41.6 Å². The Morgan fingerprint density at radius 3 is 2.42 bits per heavy atom. The predicted molar refractivity (Wildman–Crippen MR) is 79.2 cm³/mol. The Hall–Kier alpha value is -1.16. The number of hydrogen-bond acceptors (Lipinski definition) is 3. The molecule has 2 rings (SSSR count). The normalized spacial score (nSPS) is 12.2. The molecule has 4 heteroatoms. The topological polar surface area (TPSA) is 29.5 Å². The number of aliphatic hydroxyl groups is 1. The standard InChI is InChI=1S/C15H15ClO2S/c1-10(17)15-12(18-2)7-5-9-14(15)19-13-8-4-3-6-11(13)16/h3-10,17H,1-2H3/t10-/m0/s1. The van der Waals surface area contributed by atoms with Gasteiger partial charge in [-0.25, -0.2) is 0 Å². The maximum absolute atomic E-state index is 9.94. The van der Waals surface area contributed by atoms with E-state index in [2.05, 4.69) is 0 Å². The summed E-state index contributed by atoms with van der Waals surface area (Å²) in [4.78, 5) is 1.90. The van der Waals surface area contributed by atoms with Crippen LogP contribution < -0.4 is 4.74 Å². The van der Waals surface area contributed by atoms with E-state index < -0.39 is 6.10 Å². The third-order valence-corrected chi connectivity index (χ3v) is 4.31. The smallest absolute Gasteiger partial charge is 0.125 e. The van der Waals surface area contributed by atoms with E-state index in [1.165, 1.54) is 11.8 Å². The number of ether oxygens (including phenoxy) is 1. The average molecular weight is 295 g/mol. The molecule has 2 aromatic rings. The van der Waals surface area contributed by atoms with E-state index in [0.29, 0.717) is 10.8 Å². The van der Waals surface area contributed by atoms with Gasteiger partial charge in [0, 0.05) is 15.4 Å². The van der Waals surface area contributed by atoms with Gasteiger partial charge in [0.15, 0.2) is 0 Å². The van der Waals surface area contributed by atoms with Crippen LogP contribution in [-0.2, 0) is 0 Å². The van der Waals surface area contributed by atoms with Gasteiger partial charge in [-0.3, -0.25) is 0 Å². The third-order valence-electron chi connectivity index (χ3n) is 2.72. The molecule has 0 bridgehead atoms. The van der Waals surface area contributed by atoms with Crippen molar-refractivity contribution in [3.05, 3.63) is 53.1 Å². The van der Waals surface area contributed by atoms with Crippen LogP contribution in [0.2, 0.25) is 5.02 Å². The molecule has 0 saturated heterocycles. The lowest BCUT2D eigenvalue weighted by Crippen LogP contribution is -1.98. The van der Waals surface area contributed by atoms with Gasteiger partial charge in [0.1, 0.15) is 5.75 Å². The fourth-order valence-corrected chi connectivity index (χ4v) is 3.18. The zero-order valence-corrected chi connectivity index (χ0v) is 12.3. The minimum absolute atomic E-state index is 0.596. The third kappa shape index (κ3) is 3.24. The average Bonchev–Trinajstić information content (AvgIpc) is 2.40. The van der Waals surface area contributed by atoms with E-state index in [0.717, 1.165) is 15.4 Å². The first kappa shape index (κ1) is 14.3. The van der Waals surface area contributed by atoms with Gasteiger partial charge in [0.2, 0.25) is 0 Å². The molecule has 0 aromatic heterocycles. The summed E-state index contributed by atoms with van der Waals surface area (Å²) >= 11 is 7.69. The molecule has 0 aliphatic carbocycles.